The Balaban J connectivity index is 1.53. The summed E-state index contributed by atoms with van der Waals surface area (Å²) in [4.78, 5) is 24.4. The summed E-state index contributed by atoms with van der Waals surface area (Å²) in [6, 6.07) is 10.5. The number of rotatable bonds is 5. The first-order valence-electron chi connectivity index (χ1n) is 10.9. The SMILES string of the molecule is C[C@@H]1CCCN(c2nc(N)c([N+](=O)[O-])c(N3CCC(Cc4ccccc4)CC3)n2)C1. The van der Waals surface area contributed by atoms with E-state index >= 15 is 0 Å². The zero-order chi connectivity index (χ0) is 21.1. The Morgan fingerprint density at radius 2 is 1.83 bits per heavy atom. The minimum Gasteiger partial charge on any atom is -0.378 e. The van der Waals surface area contributed by atoms with E-state index in [0.717, 1.165) is 51.9 Å². The maximum atomic E-state index is 11.7. The average molecular weight is 411 g/mol. The fraction of sp³-hybridized carbons (Fsp3) is 0.545. The third-order valence-electron chi connectivity index (χ3n) is 6.28. The first kappa shape index (κ1) is 20.4. The molecule has 0 unspecified atom stereocenters. The van der Waals surface area contributed by atoms with E-state index in [1.165, 1.54) is 12.0 Å². The molecule has 2 fully saturated rings. The third kappa shape index (κ3) is 4.47. The predicted octanol–water partition coefficient (Wildman–Crippen LogP) is 3.66. The van der Waals surface area contributed by atoms with E-state index < -0.39 is 4.92 Å². The predicted molar refractivity (Wildman–Crippen MR) is 119 cm³/mol. The molecule has 3 heterocycles. The van der Waals surface area contributed by atoms with Crippen molar-refractivity contribution in [3.8, 4) is 0 Å². The Kier molecular flexibility index (Phi) is 6.01. The van der Waals surface area contributed by atoms with Gasteiger partial charge in [0, 0.05) is 26.2 Å². The Labute approximate surface area is 177 Å². The van der Waals surface area contributed by atoms with Crippen LogP contribution in [0.1, 0.15) is 38.2 Å². The van der Waals surface area contributed by atoms with Gasteiger partial charge in [0.25, 0.3) is 0 Å². The second-order valence-corrected chi connectivity index (χ2v) is 8.65. The lowest BCUT2D eigenvalue weighted by Crippen LogP contribution is -2.38. The van der Waals surface area contributed by atoms with Gasteiger partial charge in [-0.1, -0.05) is 37.3 Å². The number of nitrogens with zero attached hydrogens (tertiary/aromatic N) is 5. The van der Waals surface area contributed by atoms with Crippen molar-refractivity contribution >= 4 is 23.3 Å². The van der Waals surface area contributed by atoms with Crippen LogP contribution in [-0.4, -0.2) is 41.1 Å². The van der Waals surface area contributed by atoms with E-state index in [9.17, 15) is 10.1 Å². The summed E-state index contributed by atoms with van der Waals surface area (Å²) in [6.45, 7) is 5.41. The van der Waals surface area contributed by atoms with E-state index in [0.29, 0.717) is 23.6 Å². The molecule has 1 atom stereocenters. The van der Waals surface area contributed by atoms with E-state index in [4.69, 9.17) is 5.73 Å². The molecular formula is C22H30N6O2. The molecule has 2 N–H and O–H groups in total. The first-order valence-corrected chi connectivity index (χ1v) is 10.9. The third-order valence-corrected chi connectivity index (χ3v) is 6.28. The van der Waals surface area contributed by atoms with Crippen LogP contribution in [0.5, 0.6) is 0 Å². The maximum Gasteiger partial charge on any atom is 0.353 e. The maximum absolute atomic E-state index is 11.7. The number of aromatic nitrogens is 2. The second-order valence-electron chi connectivity index (χ2n) is 8.65. The van der Waals surface area contributed by atoms with E-state index in [1.807, 2.05) is 11.0 Å². The number of anilines is 3. The number of benzene rings is 1. The van der Waals surface area contributed by atoms with Crippen LogP contribution >= 0.6 is 0 Å². The van der Waals surface area contributed by atoms with Crippen LogP contribution in [0, 0.1) is 22.0 Å². The second kappa shape index (κ2) is 8.85. The topological polar surface area (TPSA) is 101 Å². The highest BCUT2D eigenvalue weighted by Gasteiger charge is 2.31. The minimum absolute atomic E-state index is 0.0374. The molecule has 0 bridgehead atoms. The molecule has 0 spiro atoms. The van der Waals surface area contributed by atoms with Gasteiger partial charge in [0.2, 0.25) is 17.6 Å². The van der Waals surface area contributed by atoms with Crippen LogP contribution in [0.15, 0.2) is 30.3 Å². The molecule has 1 aromatic carbocycles. The van der Waals surface area contributed by atoms with Crippen molar-refractivity contribution < 1.29 is 4.92 Å². The van der Waals surface area contributed by atoms with Gasteiger partial charge in [0.05, 0.1) is 4.92 Å². The van der Waals surface area contributed by atoms with Gasteiger partial charge in [0.15, 0.2) is 0 Å². The molecule has 4 rings (SSSR count). The molecule has 8 heteroatoms. The quantitative estimate of drug-likeness (QED) is 0.593. The lowest BCUT2D eigenvalue weighted by molar-refractivity contribution is -0.383. The number of hydrogen-bond donors (Lipinski definition) is 1. The van der Waals surface area contributed by atoms with Crippen LogP contribution in [0.4, 0.5) is 23.3 Å². The van der Waals surface area contributed by atoms with Gasteiger partial charge < -0.3 is 15.5 Å². The Morgan fingerprint density at radius 1 is 1.10 bits per heavy atom. The van der Waals surface area contributed by atoms with Crippen molar-refractivity contribution in [2.45, 2.75) is 39.0 Å². The average Bonchev–Trinajstić information content (AvgIpc) is 2.74. The first-order chi connectivity index (χ1) is 14.5. The van der Waals surface area contributed by atoms with E-state index in [-0.39, 0.29) is 11.5 Å². The van der Waals surface area contributed by atoms with Gasteiger partial charge >= 0.3 is 5.69 Å². The zero-order valence-corrected chi connectivity index (χ0v) is 17.5. The minimum atomic E-state index is -0.441. The smallest absolute Gasteiger partial charge is 0.353 e. The summed E-state index contributed by atoms with van der Waals surface area (Å²) in [5.41, 5.74) is 7.24. The highest BCUT2D eigenvalue weighted by molar-refractivity contribution is 5.71. The molecule has 2 saturated heterocycles. The van der Waals surface area contributed by atoms with Crippen molar-refractivity contribution in [1.29, 1.82) is 0 Å². The molecule has 2 aliphatic heterocycles. The summed E-state index contributed by atoms with van der Waals surface area (Å²) in [5.74, 6) is 1.98. The summed E-state index contributed by atoms with van der Waals surface area (Å²) in [7, 11) is 0. The molecule has 160 valence electrons. The molecule has 8 nitrogen and oxygen atoms in total. The van der Waals surface area contributed by atoms with Gasteiger partial charge in [0.1, 0.15) is 0 Å². The van der Waals surface area contributed by atoms with Crippen molar-refractivity contribution in [3.63, 3.8) is 0 Å². The van der Waals surface area contributed by atoms with Gasteiger partial charge in [-0.25, -0.2) is 0 Å². The van der Waals surface area contributed by atoms with E-state index in [1.54, 1.807) is 0 Å². The molecule has 2 aromatic rings. The number of piperidine rings is 2. The fourth-order valence-corrected chi connectivity index (χ4v) is 4.65. The molecule has 0 aliphatic carbocycles. The monoisotopic (exact) mass is 410 g/mol. The van der Waals surface area contributed by atoms with Crippen molar-refractivity contribution in [2.75, 3.05) is 41.7 Å². The molecule has 0 saturated carbocycles. The van der Waals surface area contributed by atoms with Crippen molar-refractivity contribution in [3.05, 3.63) is 46.0 Å². The van der Waals surface area contributed by atoms with Crippen LogP contribution in [0.3, 0.4) is 0 Å². The number of hydrogen-bond acceptors (Lipinski definition) is 7. The molecule has 0 radical (unpaired) electrons. The molecule has 0 amide bonds. The number of nitrogens with two attached hydrogens (primary N) is 1. The Hall–Kier alpha value is -2.90. The van der Waals surface area contributed by atoms with Gasteiger partial charge in [-0.2, -0.15) is 9.97 Å². The number of nitro groups is 1. The zero-order valence-electron chi connectivity index (χ0n) is 17.5. The highest BCUT2D eigenvalue weighted by Crippen LogP contribution is 2.36. The van der Waals surface area contributed by atoms with Crippen LogP contribution in [0.2, 0.25) is 0 Å². The summed E-state index contributed by atoms with van der Waals surface area (Å²) < 4.78 is 0. The van der Waals surface area contributed by atoms with Crippen molar-refractivity contribution in [1.82, 2.24) is 9.97 Å². The summed E-state index contributed by atoms with van der Waals surface area (Å²) in [5, 5.41) is 11.7. The Bertz CT molecular complexity index is 883. The Morgan fingerprint density at radius 3 is 2.50 bits per heavy atom. The summed E-state index contributed by atoms with van der Waals surface area (Å²) >= 11 is 0. The molecule has 2 aliphatic rings. The van der Waals surface area contributed by atoms with Gasteiger partial charge in [-0.15, -0.1) is 0 Å². The number of nitrogen functional groups attached to an aromatic ring is 1. The standard InChI is InChI=1S/C22H30N6O2/c1-16-6-5-11-27(15-16)22-24-20(23)19(28(29)30)21(25-22)26-12-9-18(10-13-26)14-17-7-3-2-4-8-17/h2-4,7-8,16,18H,5-6,9-15H2,1H3,(H2,23,24,25)/t16-/m1/s1. The van der Waals surface area contributed by atoms with Gasteiger partial charge in [-0.05, 0) is 49.5 Å². The van der Waals surface area contributed by atoms with Crippen molar-refractivity contribution in [2.24, 2.45) is 11.8 Å². The van der Waals surface area contributed by atoms with E-state index in [2.05, 4.69) is 46.1 Å². The molecular weight excluding hydrogens is 380 g/mol. The lowest BCUT2D eigenvalue weighted by atomic mass is 9.90. The molecule has 1 aromatic heterocycles. The lowest BCUT2D eigenvalue weighted by Gasteiger charge is -2.34. The fourth-order valence-electron chi connectivity index (χ4n) is 4.65. The largest absolute Gasteiger partial charge is 0.378 e. The van der Waals surface area contributed by atoms with Crippen LogP contribution < -0.4 is 15.5 Å². The highest BCUT2D eigenvalue weighted by atomic mass is 16.6. The van der Waals surface area contributed by atoms with Crippen LogP contribution in [-0.2, 0) is 6.42 Å². The molecule has 30 heavy (non-hydrogen) atoms. The van der Waals surface area contributed by atoms with Gasteiger partial charge in [-0.3, -0.25) is 10.1 Å². The normalized spacial score (nSPS) is 20.4. The summed E-state index contributed by atoms with van der Waals surface area (Å²) in [6.07, 6.45) is 5.25. The van der Waals surface area contributed by atoms with Crippen LogP contribution in [0.25, 0.3) is 0 Å².